The van der Waals surface area contributed by atoms with Crippen LogP contribution in [0.5, 0.6) is 11.5 Å². The second kappa shape index (κ2) is 6.46. The van der Waals surface area contributed by atoms with Crippen LogP contribution >= 0.6 is 0 Å². The molecule has 7 heteroatoms. The van der Waals surface area contributed by atoms with Gasteiger partial charge in [-0.25, -0.2) is 4.98 Å². The Bertz CT molecular complexity index is 642. The lowest BCUT2D eigenvalue weighted by Crippen LogP contribution is -2.27. The van der Waals surface area contributed by atoms with Crippen LogP contribution in [0.15, 0.2) is 30.9 Å². The van der Waals surface area contributed by atoms with E-state index >= 15 is 0 Å². The summed E-state index contributed by atoms with van der Waals surface area (Å²) in [5.74, 6) is 1.45. The average Bonchev–Trinajstić information content (AvgIpc) is 3.06. The van der Waals surface area contributed by atoms with Crippen LogP contribution in [0.4, 0.5) is 0 Å². The number of nitrogens with one attached hydrogen (secondary N) is 1. The SMILES string of the molecule is C[C@H](NC(=O)CCn1cncn1)c1ccc2c(c1)OCCO2. The van der Waals surface area contributed by atoms with Crippen LogP contribution in [0.1, 0.15) is 24.9 Å². The first-order valence-electron chi connectivity index (χ1n) is 7.24. The van der Waals surface area contributed by atoms with Crippen molar-refractivity contribution in [1.82, 2.24) is 20.1 Å². The van der Waals surface area contributed by atoms with Gasteiger partial charge in [0.25, 0.3) is 0 Å². The van der Waals surface area contributed by atoms with Crippen molar-refractivity contribution in [3.63, 3.8) is 0 Å². The molecule has 1 atom stereocenters. The fourth-order valence-electron chi connectivity index (χ4n) is 2.29. The van der Waals surface area contributed by atoms with Crippen LogP contribution in [0, 0.1) is 0 Å². The van der Waals surface area contributed by atoms with Gasteiger partial charge in [0.2, 0.25) is 5.91 Å². The number of carbonyl (C=O) groups is 1. The van der Waals surface area contributed by atoms with Crippen LogP contribution in [0.25, 0.3) is 0 Å². The maximum Gasteiger partial charge on any atom is 0.222 e. The Morgan fingerprint density at radius 1 is 1.36 bits per heavy atom. The summed E-state index contributed by atoms with van der Waals surface area (Å²) in [5.41, 5.74) is 0.985. The highest BCUT2D eigenvalue weighted by atomic mass is 16.6. The zero-order valence-corrected chi connectivity index (χ0v) is 12.4. The smallest absolute Gasteiger partial charge is 0.222 e. The molecule has 0 spiro atoms. The molecular weight excluding hydrogens is 284 g/mol. The lowest BCUT2D eigenvalue weighted by Gasteiger charge is -2.21. The Hall–Kier alpha value is -2.57. The average molecular weight is 302 g/mol. The summed E-state index contributed by atoms with van der Waals surface area (Å²) in [7, 11) is 0. The summed E-state index contributed by atoms with van der Waals surface area (Å²) in [4.78, 5) is 15.8. The van der Waals surface area contributed by atoms with Crippen LogP contribution < -0.4 is 14.8 Å². The molecule has 0 saturated heterocycles. The van der Waals surface area contributed by atoms with Gasteiger partial charge in [0.05, 0.1) is 12.6 Å². The molecule has 7 nitrogen and oxygen atoms in total. The highest BCUT2D eigenvalue weighted by molar-refractivity contribution is 5.76. The number of hydrogen-bond acceptors (Lipinski definition) is 5. The van der Waals surface area contributed by atoms with E-state index in [9.17, 15) is 4.79 Å². The number of ether oxygens (including phenoxy) is 2. The Morgan fingerprint density at radius 2 is 2.18 bits per heavy atom. The summed E-state index contributed by atoms with van der Waals surface area (Å²) >= 11 is 0. The topological polar surface area (TPSA) is 78.3 Å². The first kappa shape index (κ1) is 14.4. The van der Waals surface area contributed by atoms with Gasteiger partial charge in [0, 0.05) is 6.42 Å². The molecule has 1 aromatic carbocycles. The summed E-state index contributed by atoms with van der Waals surface area (Å²) < 4.78 is 12.7. The zero-order valence-electron chi connectivity index (χ0n) is 12.4. The number of rotatable bonds is 5. The normalized spacial score (nSPS) is 14.4. The van der Waals surface area contributed by atoms with E-state index < -0.39 is 0 Å². The van der Waals surface area contributed by atoms with Crippen molar-refractivity contribution in [1.29, 1.82) is 0 Å². The van der Waals surface area contributed by atoms with E-state index in [0.29, 0.717) is 26.2 Å². The lowest BCUT2D eigenvalue weighted by atomic mass is 10.1. The molecule has 0 radical (unpaired) electrons. The number of nitrogens with zero attached hydrogens (tertiary/aromatic N) is 3. The number of carbonyl (C=O) groups excluding carboxylic acids is 1. The molecule has 2 aromatic rings. The predicted molar refractivity (Wildman–Crippen MR) is 78.6 cm³/mol. The monoisotopic (exact) mass is 302 g/mol. The predicted octanol–water partition coefficient (Wildman–Crippen LogP) is 1.32. The van der Waals surface area contributed by atoms with Crippen LogP contribution in [0.3, 0.4) is 0 Å². The second-order valence-corrected chi connectivity index (χ2v) is 5.10. The maximum atomic E-state index is 12.0. The van der Waals surface area contributed by atoms with E-state index in [0.717, 1.165) is 17.1 Å². The Balaban J connectivity index is 1.56. The molecule has 3 rings (SSSR count). The molecule has 0 bridgehead atoms. The first-order valence-corrected chi connectivity index (χ1v) is 7.24. The molecule has 0 unspecified atom stereocenters. The summed E-state index contributed by atoms with van der Waals surface area (Å²) in [5, 5.41) is 6.94. The fourth-order valence-corrected chi connectivity index (χ4v) is 2.29. The van der Waals surface area contributed by atoms with Crippen molar-refractivity contribution in [2.75, 3.05) is 13.2 Å². The number of aryl methyl sites for hydroxylation is 1. The van der Waals surface area contributed by atoms with E-state index in [1.54, 1.807) is 11.0 Å². The number of aromatic nitrogens is 3. The van der Waals surface area contributed by atoms with Gasteiger partial charge >= 0.3 is 0 Å². The minimum atomic E-state index is -0.0981. The van der Waals surface area contributed by atoms with Gasteiger partial charge in [0.15, 0.2) is 11.5 Å². The maximum absolute atomic E-state index is 12.0. The second-order valence-electron chi connectivity index (χ2n) is 5.10. The van der Waals surface area contributed by atoms with E-state index in [1.165, 1.54) is 6.33 Å². The molecule has 0 fully saturated rings. The third kappa shape index (κ3) is 3.36. The molecule has 0 aliphatic carbocycles. The quantitative estimate of drug-likeness (QED) is 0.901. The van der Waals surface area contributed by atoms with Gasteiger partial charge < -0.3 is 14.8 Å². The number of hydrogen-bond donors (Lipinski definition) is 1. The standard InChI is InChI=1S/C15H18N4O3/c1-11(18-15(20)4-5-19-10-16-9-17-19)12-2-3-13-14(8-12)22-7-6-21-13/h2-3,8-11H,4-7H2,1H3,(H,18,20)/t11-/m0/s1. The van der Waals surface area contributed by atoms with Gasteiger partial charge in [-0.1, -0.05) is 6.07 Å². The molecule has 116 valence electrons. The van der Waals surface area contributed by atoms with Gasteiger partial charge in [-0.2, -0.15) is 5.10 Å². The Labute approximate surface area is 128 Å². The zero-order chi connectivity index (χ0) is 15.4. The van der Waals surface area contributed by atoms with Gasteiger partial charge in [-0.05, 0) is 24.6 Å². The summed E-state index contributed by atoms with van der Waals surface area (Å²) in [6, 6.07) is 5.63. The summed E-state index contributed by atoms with van der Waals surface area (Å²) in [6.45, 7) is 3.58. The highest BCUT2D eigenvalue weighted by Gasteiger charge is 2.15. The molecule has 1 aromatic heterocycles. The molecule has 1 amide bonds. The van der Waals surface area contributed by atoms with Crippen molar-refractivity contribution in [2.24, 2.45) is 0 Å². The van der Waals surface area contributed by atoms with Crippen LogP contribution in [-0.2, 0) is 11.3 Å². The van der Waals surface area contributed by atoms with E-state index in [2.05, 4.69) is 15.4 Å². The van der Waals surface area contributed by atoms with Crippen molar-refractivity contribution in [3.05, 3.63) is 36.4 Å². The lowest BCUT2D eigenvalue weighted by molar-refractivity contribution is -0.122. The number of benzene rings is 1. The van der Waals surface area contributed by atoms with E-state index in [4.69, 9.17) is 9.47 Å². The van der Waals surface area contributed by atoms with E-state index in [1.807, 2.05) is 25.1 Å². The van der Waals surface area contributed by atoms with Gasteiger partial charge in [-0.3, -0.25) is 9.48 Å². The third-order valence-electron chi connectivity index (χ3n) is 3.48. The largest absolute Gasteiger partial charge is 0.486 e. The number of fused-ring (bicyclic) bond motifs is 1. The van der Waals surface area contributed by atoms with Crippen LogP contribution in [-0.4, -0.2) is 33.9 Å². The third-order valence-corrected chi connectivity index (χ3v) is 3.48. The van der Waals surface area contributed by atoms with Crippen molar-refractivity contribution in [3.8, 4) is 11.5 Å². The molecule has 1 aliphatic rings. The van der Waals surface area contributed by atoms with Gasteiger partial charge in [-0.15, -0.1) is 0 Å². The molecule has 0 saturated carbocycles. The van der Waals surface area contributed by atoms with Gasteiger partial charge in [0.1, 0.15) is 25.9 Å². The highest BCUT2D eigenvalue weighted by Crippen LogP contribution is 2.32. The molecular formula is C15H18N4O3. The minimum absolute atomic E-state index is 0.0297. The molecule has 2 heterocycles. The summed E-state index contributed by atoms with van der Waals surface area (Å²) in [6.07, 6.45) is 3.41. The van der Waals surface area contributed by atoms with Crippen molar-refractivity contribution in [2.45, 2.75) is 25.9 Å². The minimum Gasteiger partial charge on any atom is -0.486 e. The Kier molecular flexibility index (Phi) is 4.22. The molecule has 1 aliphatic heterocycles. The first-order chi connectivity index (χ1) is 10.7. The molecule has 1 N–H and O–H groups in total. The van der Waals surface area contributed by atoms with Crippen LogP contribution in [0.2, 0.25) is 0 Å². The Morgan fingerprint density at radius 3 is 2.95 bits per heavy atom. The fraction of sp³-hybridized carbons (Fsp3) is 0.400. The van der Waals surface area contributed by atoms with Crippen molar-refractivity contribution >= 4 is 5.91 Å². The number of amides is 1. The van der Waals surface area contributed by atoms with E-state index in [-0.39, 0.29) is 11.9 Å². The molecule has 22 heavy (non-hydrogen) atoms. The van der Waals surface area contributed by atoms with Crippen molar-refractivity contribution < 1.29 is 14.3 Å².